The molecule has 2 rings (SSSR count). The zero-order valence-corrected chi connectivity index (χ0v) is 13.1. The van der Waals surface area contributed by atoms with Crippen LogP contribution in [0.2, 0.25) is 0 Å². The highest BCUT2D eigenvalue weighted by Gasteiger charge is 2.18. The lowest BCUT2D eigenvalue weighted by atomic mass is 10.2. The van der Waals surface area contributed by atoms with Gasteiger partial charge in [-0.25, -0.2) is 0 Å². The Kier molecular flexibility index (Phi) is 4.75. The highest BCUT2D eigenvalue weighted by Crippen LogP contribution is 2.12. The number of H-pyrrole nitrogens is 1. The number of rotatable bonds is 4. The summed E-state index contributed by atoms with van der Waals surface area (Å²) < 4.78 is 1.83. The van der Waals surface area contributed by atoms with Crippen molar-refractivity contribution in [3.8, 4) is 6.07 Å². The van der Waals surface area contributed by atoms with E-state index in [2.05, 4.69) is 25.9 Å². The van der Waals surface area contributed by atoms with Gasteiger partial charge in [0.15, 0.2) is 0 Å². The van der Waals surface area contributed by atoms with Gasteiger partial charge in [0, 0.05) is 24.3 Å². The Balaban J connectivity index is 1.99. The van der Waals surface area contributed by atoms with Crippen molar-refractivity contribution < 1.29 is 9.59 Å². The van der Waals surface area contributed by atoms with Gasteiger partial charge in [0.2, 0.25) is 0 Å². The Bertz CT molecular complexity index is 782. The largest absolute Gasteiger partial charge is 0.344 e. The van der Waals surface area contributed by atoms with Crippen molar-refractivity contribution in [2.75, 3.05) is 5.32 Å². The first-order valence-corrected chi connectivity index (χ1v) is 7.03. The summed E-state index contributed by atoms with van der Waals surface area (Å²) in [4.78, 5) is 23.7. The van der Waals surface area contributed by atoms with Crippen molar-refractivity contribution in [1.29, 1.82) is 5.26 Å². The maximum Gasteiger partial charge on any atom is 0.314 e. The lowest BCUT2D eigenvalue weighted by molar-refractivity contribution is -0.136. The lowest BCUT2D eigenvalue weighted by Crippen LogP contribution is -2.35. The molecule has 0 saturated heterocycles. The van der Waals surface area contributed by atoms with E-state index in [1.807, 2.05) is 31.5 Å². The first-order valence-electron chi connectivity index (χ1n) is 7.03. The van der Waals surface area contributed by atoms with Crippen LogP contribution in [0.15, 0.2) is 6.20 Å². The van der Waals surface area contributed by atoms with Crippen LogP contribution in [0, 0.1) is 25.2 Å². The van der Waals surface area contributed by atoms with Gasteiger partial charge < -0.3 is 10.6 Å². The van der Waals surface area contributed by atoms with Crippen molar-refractivity contribution in [2.24, 2.45) is 0 Å². The third-order valence-corrected chi connectivity index (χ3v) is 3.46. The highest BCUT2D eigenvalue weighted by atomic mass is 16.2. The Morgan fingerprint density at radius 3 is 2.74 bits per heavy atom. The average Bonchev–Trinajstić information content (AvgIpc) is 3.09. The predicted molar refractivity (Wildman–Crippen MR) is 81.2 cm³/mol. The molecular weight excluding hydrogens is 298 g/mol. The number of hydrogen-bond acceptors (Lipinski definition) is 5. The van der Waals surface area contributed by atoms with Gasteiger partial charge in [0.1, 0.15) is 17.5 Å². The molecule has 0 fully saturated rings. The van der Waals surface area contributed by atoms with E-state index in [0.717, 1.165) is 23.5 Å². The van der Waals surface area contributed by atoms with E-state index >= 15 is 0 Å². The molecule has 0 spiro atoms. The number of nitriles is 1. The number of aryl methyl sites for hydroxylation is 2. The molecular formula is C14H17N7O2. The first kappa shape index (κ1) is 16.2. The zero-order chi connectivity index (χ0) is 17.0. The summed E-state index contributed by atoms with van der Waals surface area (Å²) in [5, 5.41) is 24.1. The molecule has 3 N–H and O–H groups in total. The number of aromatic amines is 1. The van der Waals surface area contributed by atoms with Crippen molar-refractivity contribution in [2.45, 2.75) is 33.9 Å². The quantitative estimate of drug-likeness (QED) is 0.702. The van der Waals surface area contributed by atoms with Crippen LogP contribution in [0.25, 0.3) is 0 Å². The van der Waals surface area contributed by atoms with Crippen LogP contribution in [0.1, 0.15) is 29.4 Å². The molecule has 23 heavy (non-hydrogen) atoms. The second-order valence-electron chi connectivity index (χ2n) is 4.87. The fourth-order valence-electron chi connectivity index (χ4n) is 2.18. The SMILES string of the molecule is CCn1nc(C)c(CNC(=O)C(=O)Nc2[nH]ncc2C#N)c1C. The van der Waals surface area contributed by atoms with E-state index in [4.69, 9.17) is 5.26 Å². The van der Waals surface area contributed by atoms with Gasteiger partial charge in [0.25, 0.3) is 0 Å². The maximum atomic E-state index is 11.9. The molecule has 9 nitrogen and oxygen atoms in total. The summed E-state index contributed by atoms with van der Waals surface area (Å²) in [6, 6.07) is 1.85. The minimum absolute atomic E-state index is 0.0961. The van der Waals surface area contributed by atoms with Gasteiger partial charge in [-0.1, -0.05) is 0 Å². The molecule has 2 heterocycles. The number of hydrogen-bond donors (Lipinski definition) is 3. The Morgan fingerprint density at radius 2 is 2.13 bits per heavy atom. The Labute approximate surface area is 132 Å². The first-order chi connectivity index (χ1) is 11.0. The van der Waals surface area contributed by atoms with Gasteiger partial charge in [-0.3, -0.25) is 19.4 Å². The maximum absolute atomic E-state index is 11.9. The summed E-state index contributed by atoms with van der Waals surface area (Å²) in [5.74, 6) is -1.57. The van der Waals surface area contributed by atoms with Crippen LogP contribution in [0.3, 0.4) is 0 Å². The van der Waals surface area contributed by atoms with E-state index < -0.39 is 11.8 Å². The summed E-state index contributed by atoms with van der Waals surface area (Å²) in [6.45, 7) is 6.68. The lowest BCUT2D eigenvalue weighted by Gasteiger charge is -2.06. The van der Waals surface area contributed by atoms with Gasteiger partial charge in [-0.15, -0.1) is 0 Å². The molecule has 0 bridgehead atoms. The molecule has 0 aliphatic carbocycles. The molecule has 0 aliphatic heterocycles. The molecule has 2 aromatic heterocycles. The molecule has 120 valence electrons. The molecule has 0 atom stereocenters. The summed E-state index contributed by atoms with van der Waals surface area (Å²) in [5.41, 5.74) is 2.80. The molecule has 0 saturated carbocycles. The number of carbonyl (C=O) groups excluding carboxylic acids is 2. The standard InChI is InChI=1S/C14H17N7O2/c1-4-21-9(3)11(8(2)20-21)7-16-13(22)14(23)18-12-10(5-15)6-17-19-12/h6H,4,7H2,1-3H3,(H,16,22)(H2,17,18,19,23). The van der Waals surface area contributed by atoms with Crippen molar-refractivity contribution in [1.82, 2.24) is 25.3 Å². The third kappa shape index (κ3) is 3.37. The van der Waals surface area contributed by atoms with Crippen molar-refractivity contribution in [3.05, 3.63) is 28.7 Å². The summed E-state index contributed by atoms with van der Waals surface area (Å²) >= 11 is 0. The molecule has 0 aromatic carbocycles. The molecule has 0 radical (unpaired) electrons. The van der Waals surface area contributed by atoms with E-state index in [1.165, 1.54) is 6.20 Å². The van der Waals surface area contributed by atoms with Crippen LogP contribution in [0.4, 0.5) is 5.82 Å². The van der Waals surface area contributed by atoms with Crippen molar-refractivity contribution >= 4 is 17.6 Å². The van der Waals surface area contributed by atoms with E-state index in [0.29, 0.717) is 0 Å². The smallest absolute Gasteiger partial charge is 0.314 e. The number of nitrogens with zero attached hydrogens (tertiary/aromatic N) is 4. The van der Waals surface area contributed by atoms with Crippen molar-refractivity contribution in [3.63, 3.8) is 0 Å². The highest BCUT2D eigenvalue weighted by molar-refractivity contribution is 6.39. The monoisotopic (exact) mass is 315 g/mol. The predicted octanol–water partition coefficient (Wildman–Crippen LogP) is 0.370. The fourth-order valence-corrected chi connectivity index (χ4v) is 2.18. The number of nitrogens with one attached hydrogen (secondary N) is 3. The van der Waals surface area contributed by atoms with Gasteiger partial charge in [0.05, 0.1) is 11.9 Å². The van der Waals surface area contributed by atoms with Crippen LogP contribution >= 0.6 is 0 Å². The summed E-state index contributed by atoms with van der Waals surface area (Å²) in [6.07, 6.45) is 1.26. The second-order valence-corrected chi connectivity index (χ2v) is 4.87. The third-order valence-electron chi connectivity index (χ3n) is 3.46. The molecule has 0 aliphatic rings. The average molecular weight is 315 g/mol. The number of anilines is 1. The summed E-state index contributed by atoms with van der Waals surface area (Å²) in [7, 11) is 0. The van der Waals surface area contributed by atoms with Gasteiger partial charge in [-0.05, 0) is 20.8 Å². The van der Waals surface area contributed by atoms with Gasteiger partial charge >= 0.3 is 11.8 Å². The number of carbonyl (C=O) groups is 2. The van der Waals surface area contributed by atoms with E-state index in [9.17, 15) is 9.59 Å². The zero-order valence-electron chi connectivity index (χ0n) is 13.1. The van der Waals surface area contributed by atoms with E-state index in [-0.39, 0.29) is 17.9 Å². The second kappa shape index (κ2) is 6.74. The Morgan fingerprint density at radius 1 is 1.39 bits per heavy atom. The Hall–Kier alpha value is -3.15. The van der Waals surface area contributed by atoms with E-state index in [1.54, 1.807) is 0 Å². The minimum Gasteiger partial charge on any atom is -0.344 e. The minimum atomic E-state index is -0.871. The van der Waals surface area contributed by atoms with Gasteiger partial charge in [-0.2, -0.15) is 15.5 Å². The fraction of sp³-hybridized carbons (Fsp3) is 0.357. The van der Waals surface area contributed by atoms with Crippen LogP contribution < -0.4 is 10.6 Å². The van der Waals surface area contributed by atoms with Crippen LogP contribution in [-0.4, -0.2) is 31.8 Å². The van der Waals surface area contributed by atoms with Crippen LogP contribution in [0.5, 0.6) is 0 Å². The molecule has 9 heteroatoms. The topological polar surface area (TPSA) is 128 Å². The number of amides is 2. The normalized spacial score (nSPS) is 10.2. The van der Waals surface area contributed by atoms with Crippen LogP contribution in [-0.2, 0) is 22.7 Å². The number of aromatic nitrogens is 4. The molecule has 2 amide bonds. The molecule has 0 unspecified atom stereocenters. The molecule has 2 aromatic rings.